The van der Waals surface area contributed by atoms with Crippen LogP contribution in [-0.2, 0) is 22.2 Å². The molecule has 1 aliphatic heterocycles. The van der Waals surface area contributed by atoms with Gasteiger partial charge in [-0.25, -0.2) is 4.98 Å². The summed E-state index contributed by atoms with van der Waals surface area (Å²) in [5.41, 5.74) is 1.60. The second-order valence-corrected chi connectivity index (χ2v) is 9.65. The summed E-state index contributed by atoms with van der Waals surface area (Å²) in [6.45, 7) is 6.76. The molecule has 0 unspecified atom stereocenters. The monoisotopic (exact) mass is 459 g/mol. The number of benzene rings is 1. The Kier molecular flexibility index (Phi) is 4.69. The van der Waals surface area contributed by atoms with Crippen LogP contribution in [0.3, 0.4) is 0 Å². The predicted molar refractivity (Wildman–Crippen MR) is 120 cm³/mol. The number of aliphatic hydroxyl groups excluding tert-OH is 1. The molecular formula is C24H27F2N3O4. The Morgan fingerprint density at radius 1 is 1.21 bits per heavy atom. The summed E-state index contributed by atoms with van der Waals surface area (Å²) in [5, 5.41) is 13.3. The molecule has 1 aromatic carbocycles. The van der Waals surface area contributed by atoms with Gasteiger partial charge in [0.15, 0.2) is 11.5 Å². The molecule has 33 heavy (non-hydrogen) atoms. The fourth-order valence-corrected chi connectivity index (χ4v) is 4.44. The number of hydrogen-bond acceptors (Lipinski definition) is 5. The third-order valence-electron chi connectivity index (χ3n) is 6.26. The van der Waals surface area contributed by atoms with E-state index < -0.39 is 11.7 Å². The number of fused-ring (bicyclic) bond motifs is 2. The molecule has 9 heteroatoms. The van der Waals surface area contributed by atoms with Crippen molar-refractivity contribution in [2.75, 3.05) is 11.9 Å². The molecule has 176 valence electrons. The number of carbonyl (C=O) groups excluding carboxylic acids is 1. The van der Waals surface area contributed by atoms with E-state index in [2.05, 4.69) is 40.5 Å². The lowest BCUT2D eigenvalue weighted by atomic mass is 9.92. The van der Waals surface area contributed by atoms with Gasteiger partial charge in [-0.15, -0.1) is 8.78 Å². The minimum Gasteiger partial charge on any atom is -0.395 e. The number of ether oxygens (including phenoxy) is 2. The van der Waals surface area contributed by atoms with E-state index in [9.17, 15) is 18.7 Å². The first-order valence-corrected chi connectivity index (χ1v) is 10.8. The van der Waals surface area contributed by atoms with Gasteiger partial charge in [-0.1, -0.05) is 26.8 Å². The van der Waals surface area contributed by atoms with Crippen molar-refractivity contribution in [2.24, 2.45) is 0 Å². The quantitative estimate of drug-likeness (QED) is 0.584. The number of halogens is 2. The van der Waals surface area contributed by atoms with Crippen LogP contribution in [0.15, 0.2) is 36.5 Å². The van der Waals surface area contributed by atoms with E-state index in [0.717, 1.165) is 16.6 Å². The maximum Gasteiger partial charge on any atom is 0.586 e. The first-order valence-electron chi connectivity index (χ1n) is 10.8. The number of amides is 1. The molecule has 1 aliphatic carbocycles. The number of rotatable bonds is 5. The first-order chi connectivity index (χ1) is 15.5. The van der Waals surface area contributed by atoms with E-state index >= 15 is 0 Å². The number of nitrogens with one attached hydrogen (secondary N) is 1. The van der Waals surface area contributed by atoms with E-state index in [1.807, 2.05) is 16.7 Å². The molecule has 1 amide bonds. The smallest absolute Gasteiger partial charge is 0.395 e. The number of hydrogen-bond donors (Lipinski definition) is 2. The molecule has 0 spiro atoms. The molecule has 0 bridgehead atoms. The lowest BCUT2D eigenvalue weighted by molar-refractivity contribution is -0.286. The van der Waals surface area contributed by atoms with Gasteiger partial charge < -0.3 is 24.5 Å². The van der Waals surface area contributed by atoms with Gasteiger partial charge in [0.05, 0.1) is 23.7 Å². The van der Waals surface area contributed by atoms with Crippen LogP contribution in [0.5, 0.6) is 11.5 Å². The van der Waals surface area contributed by atoms with Crippen molar-refractivity contribution < 1.29 is 29.6 Å². The summed E-state index contributed by atoms with van der Waals surface area (Å²) in [6.07, 6.45) is -0.813. The Balaban J connectivity index is 0.00000274. The fraction of sp³-hybridized carbons (Fsp3) is 0.417. The maximum atomic E-state index is 13.4. The van der Waals surface area contributed by atoms with Crippen LogP contribution in [0, 0.1) is 0 Å². The van der Waals surface area contributed by atoms with E-state index in [1.165, 1.54) is 12.1 Å². The molecule has 2 N–H and O–H groups in total. The number of carbonyl (C=O) groups is 1. The lowest BCUT2D eigenvalue weighted by Crippen LogP contribution is -2.28. The maximum absolute atomic E-state index is 13.4. The summed E-state index contributed by atoms with van der Waals surface area (Å²) in [7, 11) is 0. The average molecular weight is 459 g/mol. The van der Waals surface area contributed by atoms with Gasteiger partial charge in [-0.05, 0) is 42.7 Å². The molecule has 0 radical (unpaired) electrons. The van der Waals surface area contributed by atoms with Crippen LogP contribution >= 0.6 is 0 Å². The highest BCUT2D eigenvalue weighted by Crippen LogP contribution is 2.52. The number of alkyl halides is 2. The van der Waals surface area contributed by atoms with Crippen molar-refractivity contribution in [3.8, 4) is 11.5 Å². The fourth-order valence-electron chi connectivity index (χ4n) is 4.44. The zero-order chi connectivity index (χ0) is 23.6. The average Bonchev–Trinajstić information content (AvgIpc) is 3.37. The predicted octanol–water partition coefficient (Wildman–Crippen LogP) is 4.56. The normalized spacial score (nSPS) is 17.9. The number of pyridine rings is 1. The highest BCUT2D eigenvalue weighted by molar-refractivity contribution is 6.02. The van der Waals surface area contributed by atoms with Crippen LogP contribution in [0.2, 0.25) is 0 Å². The summed E-state index contributed by atoms with van der Waals surface area (Å²) >= 11 is 0. The molecule has 2 aliphatic rings. The van der Waals surface area contributed by atoms with Gasteiger partial charge in [0.2, 0.25) is 5.91 Å². The first kappa shape index (κ1) is 21.6. The van der Waals surface area contributed by atoms with Crippen molar-refractivity contribution in [2.45, 2.75) is 57.3 Å². The molecule has 0 saturated heterocycles. The zero-order valence-electron chi connectivity index (χ0n) is 18.6. The molecular weight excluding hydrogens is 432 g/mol. The van der Waals surface area contributed by atoms with Crippen LogP contribution in [0.1, 0.15) is 46.3 Å². The molecule has 3 heterocycles. The van der Waals surface area contributed by atoms with E-state index in [4.69, 9.17) is 0 Å². The third-order valence-corrected chi connectivity index (χ3v) is 6.26. The van der Waals surface area contributed by atoms with Gasteiger partial charge >= 0.3 is 6.29 Å². The van der Waals surface area contributed by atoms with Crippen LogP contribution in [0.4, 0.5) is 14.6 Å². The van der Waals surface area contributed by atoms with Gasteiger partial charge in [0.1, 0.15) is 5.82 Å². The minimum atomic E-state index is -3.70. The second kappa shape index (κ2) is 7.15. The molecule has 2 aromatic heterocycles. The highest BCUT2D eigenvalue weighted by atomic mass is 19.3. The van der Waals surface area contributed by atoms with Crippen LogP contribution in [0.25, 0.3) is 10.9 Å². The number of aliphatic hydroxyl groups is 1. The van der Waals surface area contributed by atoms with Crippen LogP contribution < -0.4 is 14.8 Å². The molecule has 1 saturated carbocycles. The molecule has 0 atom stereocenters. The Hall–Kier alpha value is -3.20. The van der Waals surface area contributed by atoms with E-state index in [1.54, 1.807) is 12.3 Å². The molecule has 3 aromatic rings. The van der Waals surface area contributed by atoms with Crippen LogP contribution in [-0.4, -0.2) is 33.5 Å². The number of aromatic nitrogens is 2. The van der Waals surface area contributed by atoms with Crippen molar-refractivity contribution in [3.05, 3.63) is 47.8 Å². The Morgan fingerprint density at radius 3 is 2.61 bits per heavy atom. The SMILES string of the molecule is CC(C)(C)c1cc2cc(NC(=O)C3(c4ccc5c(c4)OC(F)(F)O5)CC3)ncc2n1CCO.[HH]. The van der Waals surface area contributed by atoms with Crippen molar-refractivity contribution in [3.63, 3.8) is 0 Å². The van der Waals surface area contributed by atoms with Gasteiger partial charge in [-0.3, -0.25) is 4.79 Å². The molecule has 1 fully saturated rings. The zero-order valence-corrected chi connectivity index (χ0v) is 18.6. The number of anilines is 1. The summed E-state index contributed by atoms with van der Waals surface area (Å²) in [5.74, 6) is 0.0450. The largest absolute Gasteiger partial charge is 0.586 e. The van der Waals surface area contributed by atoms with Crippen molar-refractivity contribution in [1.82, 2.24) is 9.55 Å². The highest BCUT2D eigenvalue weighted by Gasteiger charge is 2.53. The summed E-state index contributed by atoms with van der Waals surface area (Å²) < 4.78 is 37.8. The topological polar surface area (TPSA) is 85.6 Å². The molecule has 5 rings (SSSR count). The standard InChI is InChI=1S/C24H25F2N3O4.H2/c1-22(2,3)19-10-14-11-20(27-13-16(14)29(19)8-9-30)28-21(31)23(6-7-23)15-4-5-17-18(12-15)33-24(25,26)32-17;/h4-5,10-13,30H,6-9H2,1-3H3,(H,27,28,31);1H. The van der Waals surface area contributed by atoms with Crippen molar-refractivity contribution >= 4 is 22.6 Å². The van der Waals surface area contributed by atoms with Gasteiger partial charge in [0, 0.05) is 24.5 Å². The summed E-state index contributed by atoms with van der Waals surface area (Å²) in [4.78, 5) is 17.6. The Bertz CT molecular complexity index is 1270. The molecule has 7 nitrogen and oxygen atoms in total. The van der Waals surface area contributed by atoms with E-state index in [-0.39, 0.29) is 30.9 Å². The summed E-state index contributed by atoms with van der Waals surface area (Å²) in [6, 6.07) is 8.34. The van der Waals surface area contributed by atoms with Gasteiger partial charge in [0.25, 0.3) is 0 Å². The third kappa shape index (κ3) is 3.70. The van der Waals surface area contributed by atoms with Crippen molar-refractivity contribution in [1.29, 1.82) is 0 Å². The minimum absolute atomic E-state index is 0. The van der Waals surface area contributed by atoms with Gasteiger partial charge in [-0.2, -0.15) is 0 Å². The number of nitrogens with zero attached hydrogens (tertiary/aromatic N) is 2. The Labute approximate surface area is 190 Å². The second-order valence-electron chi connectivity index (χ2n) is 9.65. The Morgan fingerprint density at radius 2 is 1.94 bits per heavy atom. The lowest BCUT2D eigenvalue weighted by Gasteiger charge is -2.21. The van der Waals surface area contributed by atoms with E-state index in [0.29, 0.717) is 30.8 Å².